The van der Waals surface area contributed by atoms with E-state index in [4.69, 9.17) is 5.73 Å². The summed E-state index contributed by atoms with van der Waals surface area (Å²) < 4.78 is 1.80. The van der Waals surface area contributed by atoms with E-state index in [0.29, 0.717) is 5.82 Å². The van der Waals surface area contributed by atoms with Gasteiger partial charge in [-0.05, 0) is 30.2 Å². The van der Waals surface area contributed by atoms with Gasteiger partial charge in [-0.15, -0.1) is 0 Å². The van der Waals surface area contributed by atoms with Gasteiger partial charge >= 0.3 is 0 Å². The SMILES string of the molecule is Cc1cn(-c2ccc(-c3ccccc3)cc2)nc1N. The standard InChI is InChI=1S/C16H15N3/c1-12-11-19(18-16(12)17)15-9-7-14(8-10-15)13-5-3-2-4-6-13/h2-11H,1H3,(H2,17,18). The van der Waals surface area contributed by atoms with Crippen molar-refractivity contribution in [2.24, 2.45) is 0 Å². The first-order valence-corrected chi connectivity index (χ1v) is 6.21. The molecule has 3 nitrogen and oxygen atoms in total. The fraction of sp³-hybridized carbons (Fsp3) is 0.0625. The second-order valence-corrected chi connectivity index (χ2v) is 4.55. The Morgan fingerprint density at radius 1 is 0.895 bits per heavy atom. The number of nitrogens with two attached hydrogens (primary N) is 1. The zero-order chi connectivity index (χ0) is 13.2. The maximum absolute atomic E-state index is 5.77. The van der Waals surface area contributed by atoms with E-state index in [1.165, 1.54) is 11.1 Å². The molecule has 94 valence electrons. The Labute approximate surface area is 112 Å². The van der Waals surface area contributed by atoms with Crippen LogP contribution in [0.4, 0.5) is 5.82 Å². The van der Waals surface area contributed by atoms with Gasteiger partial charge in [-0.2, -0.15) is 5.10 Å². The molecule has 1 heterocycles. The lowest BCUT2D eigenvalue weighted by atomic mass is 10.1. The van der Waals surface area contributed by atoms with Crippen molar-refractivity contribution in [3.05, 3.63) is 66.4 Å². The maximum atomic E-state index is 5.77. The summed E-state index contributed by atoms with van der Waals surface area (Å²) in [5.41, 5.74) is 10.2. The Balaban J connectivity index is 1.95. The van der Waals surface area contributed by atoms with E-state index >= 15 is 0 Å². The van der Waals surface area contributed by atoms with E-state index in [0.717, 1.165) is 11.3 Å². The molecule has 0 saturated heterocycles. The summed E-state index contributed by atoms with van der Waals surface area (Å²) in [7, 11) is 0. The summed E-state index contributed by atoms with van der Waals surface area (Å²) in [6, 6.07) is 18.6. The number of aryl methyl sites for hydroxylation is 1. The molecule has 0 saturated carbocycles. The molecule has 0 bridgehead atoms. The highest BCUT2D eigenvalue weighted by molar-refractivity contribution is 5.64. The lowest BCUT2D eigenvalue weighted by Crippen LogP contribution is -1.95. The highest BCUT2D eigenvalue weighted by atomic mass is 15.3. The third-order valence-electron chi connectivity index (χ3n) is 3.17. The van der Waals surface area contributed by atoms with Crippen molar-refractivity contribution in [1.29, 1.82) is 0 Å². The van der Waals surface area contributed by atoms with Gasteiger partial charge in [-0.3, -0.25) is 0 Å². The normalized spacial score (nSPS) is 10.6. The van der Waals surface area contributed by atoms with Gasteiger partial charge in [0.15, 0.2) is 0 Å². The van der Waals surface area contributed by atoms with Gasteiger partial charge < -0.3 is 5.73 Å². The van der Waals surface area contributed by atoms with Gasteiger partial charge in [0.05, 0.1) is 5.69 Å². The van der Waals surface area contributed by atoms with Crippen LogP contribution in [0.3, 0.4) is 0 Å². The molecule has 0 aliphatic carbocycles. The molecule has 3 aromatic rings. The maximum Gasteiger partial charge on any atom is 0.148 e. The van der Waals surface area contributed by atoms with Gasteiger partial charge in [0.25, 0.3) is 0 Å². The number of nitrogen functional groups attached to an aromatic ring is 1. The largest absolute Gasteiger partial charge is 0.382 e. The highest BCUT2D eigenvalue weighted by Gasteiger charge is 2.03. The van der Waals surface area contributed by atoms with Crippen LogP contribution in [0.5, 0.6) is 0 Å². The third kappa shape index (κ3) is 2.22. The Morgan fingerprint density at radius 2 is 1.53 bits per heavy atom. The van der Waals surface area contributed by atoms with E-state index in [-0.39, 0.29) is 0 Å². The summed E-state index contributed by atoms with van der Waals surface area (Å²) >= 11 is 0. The molecule has 0 atom stereocenters. The van der Waals surface area contributed by atoms with Crippen LogP contribution < -0.4 is 5.73 Å². The first kappa shape index (κ1) is 11.5. The number of benzene rings is 2. The molecule has 2 aromatic carbocycles. The number of nitrogens with zero attached hydrogens (tertiary/aromatic N) is 2. The summed E-state index contributed by atoms with van der Waals surface area (Å²) in [6.45, 7) is 1.96. The summed E-state index contributed by atoms with van der Waals surface area (Å²) in [5.74, 6) is 0.576. The minimum atomic E-state index is 0.576. The van der Waals surface area contributed by atoms with E-state index < -0.39 is 0 Å². The van der Waals surface area contributed by atoms with Crippen LogP contribution in [0.25, 0.3) is 16.8 Å². The summed E-state index contributed by atoms with van der Waals surface area (Å²) in [6.07, 6.45) is 1.94. The van der Waals surface area contributed by atoms with Crippen LogP contribution in [0.2, 0.25) is 0 Å². The second-order valence-electron chi connectivity index (χ2n) is 4.55. The van der Waals surface area contributed by atoms with Crippen LogP contribution in [0.15, 0.2) is 60.8 Å². The monoisotopic (exact) mass is 249 g/mol. The van der Waals surface area contributed by atoms with Gasteiger partial charge in [0, 0.05) is 11.8 Å². The first-order chi connectivity index (χ1) is 9.24. The van der Waals surface area contributed by atoms with Crippen molar-refractivity contribution in [1.82, 2.24) is 9.78 Å². The summed E-state index contributed by atoms with van der Waals surface area (Å²) in [4.78, 5) is 0. The molecule has 3 rings (SSSR count). The Bertz CT molecular complexity index is 662. The molecule has 0 fully saturated rings. The van der Waals surface area contributed by atoms with E-state index in [2.05, 4.69) is 29.4 Å². The fourth-order valence-corrected chi connectivity index (χ4v) is 2.04. The minimum Gasteiger partial charge on any atom is -0.382 e. The average molecular weight is 249 g/mol. The van der Waals surface area contributed by atoms with Gasteiger partial charge in [-0.25, -0.2) is 4.68 Å². The molecule has 0 unspecified atom stereocenters. The van der Waals surface area contributed by atoms with Crippen molar-refractivity contribution >= 4 is 5.82 Å². The van der Waals surface area contributed by atoms with E-state index in [1.54, 1.807) is 4.68 Å². The zero-order valence-corrected chi connectivity index (χ0v) is 10.7. The average Bonchev–Trinajstić information content (AvgIpc) is 2.80. The number of anilines is 1. The van der Waals surface area contributed by atoms with Crippen molar-refractivity contribution < 1.29 is 0 Å². The predicted molar refractivity (Wildman–Crippen MR) is 78.1 cm³/mol. The van der Waals surface area contributed by atoms with Crippen molar-refractivity contribution in [3.8, 4) is 16.8 Å². The molecule has 0 amide bonds. The Morgan fingerprint density at radius 3 is 2.11 bits per heavy atom. The number of aromatic nitrogens is 2. The first-order valence-electron chi connectivity index (χ1n) is 6.21. The second kappa shape index (κ2) is 4.61. The van der Waals surface area contributed by atoms with Crippen LogP contribution in [0, 0.1) is 6.92 Å². The molecular weight excluding hydrogens is 234 g/mol. The smallest absolute Gasteiger partial charge is 0.148 e. The Hall–Kier alpha value is -2.55. The lowest BCUT2D eigenvalue weighted by Gasteiger charge is -2.04. The minimum absolute atomic E-state index is 0.576. The van der Waals surface area contributed by atoms with Crippen molar-refractivity contribution in [3.63, 3.8) is 0 Å². The topological polar surface area (TPSA) is 43.8 Å². The third-order valence-corrected chi connectivity index (χ3v) is 3.17. The number of hydrogen-bond acceptors (Lipinski definition) is 2. The quantitative estimate of drug-likeness (QED) is 0.756. The molecule has 1 aromatic heterocycles. The number of hydrogen-bond donors (Lipinski definition) is 1. The van der Waals surface area contributed by atoms with Crippen LogP contribution in [-0.2, 0) is 0 Å². The molecule has 0 spiro atoms. The molecular formula is C16H15N3. The summed E-state index contributed by atoms with van der Waals surface area (Å²) in [5, 5.41) is 4.28. The fourth-order valence-electron chi connectivity index (χ4n) is 2.04. The van der Waals surface area contributed by atoms with E-state index in [1.807, 2.05) is 43.5 Å². The molecule has 0 radical (unpaired) electrons. The Kier molecular flexibility index (Phi) is 2.80. The van der Waals surface area contributed by atoms with E-state index in [9.17, 15) is 0 Å². The molecule has 2 N–H and O–H groups in total. The molecule has 0 aliphatic heterocycles. The lowest BCUT2D eigenvalue weighted by molar-refractivity contribution is 0.885. The van der Waals surface area contributed by atoms with Crippen molar-refractivity contribution in [2.45, 2.75) is 6.92 Å². The molecule has 19 heavy (non-hydrogen) atoms. The zero-order valence-electron chi connectivity index (χ0n) is 10.7. The van der Waals surface area contributed by atoms with Crippen LogP contribution in [0.1, 0.15) is 5.56 Å². The predicted octanol–water partition coefficient (Wildman–Crippen LogP) is 3.43. The molecule has 0 aliphatic rings. The van der Waals surface area contributed by atoms with Gasteiger partial charge in [0.1, 0.15) is 5.82 Å². The van der Waals surface area contributed by atoms with Crippen LogP contribution in [-0.4, -0.2) is 9.78 Å². The highest BCUT2D eigenvalue weighted by Crippen LogP contribution is 2.21. The van der Waals surface area contributed by atoms with Gasteiger partial charge in [0.2, 0.25) is 0 Å². The van der Waals surface area contributed by atoms with Crippen molar-refractivity contribution in [2.75, 3.05) is 5.73 Å². The van der Waals surface area contributed by atoms with Gasteiger partial charge in [-0.1, -0.05) is 42.5 Å². The number of rotatable bonds is 2. The van der Waals surface area contributed by atoms with Crippen LogP contribution >= 0.6 is 0 Å². The molecule has 3 heteroatoms.